The molecule has 1 aliphatic carbocycles. The summed E-state index contributed by atoms with van der Waals surface area (Å²) in [6.45, 7) is 5.16. The Hall–Kier alpha value is -1.30. The van der Waals surface area contributed by atoms with Gasteiger partial charge >= 0.3 is 12.1 Å². The molecule has 0 spiro atoms. The summed E-state index contributed by atoms with van der Waals surface area (Å²) in [5.74, 6) is -1.77. The van der Waals surface area contributed by atoms with Gasteiger partial charge in [0.15, 0.2) is 0 Å². The summed E-state index contributed by atoms with van der Waals surface area (Å²) >= 11 is 0. The van der Waals surface area contributed by atoms with Crippen molar-refractivity contribution in [3.63, 3.8) is 0 Å². The third-order valence-electron chi connectivity index (χ3n) is 2.86. The highest BCUT2D eigenvalue weighted by Gasteiger charge is 2.38. The summed E-state index contributed by atoms with van der Waals surface area (Å²) in [6, 6.07) is -0.786. The Morgan fingerprint density at radius 3 is 2.39 bits per heavy atom. The third-order valence-corrected chi connectivity index (χ3v) is 2.86. The molecule has 6 nitrogen and oxygen atoms in total. The number of carbonyl (C=O) groups excluding carboxylic acids is 1. The maximum absolute atomic E-state index is 11.6. The average molecular weight is 259 g/mol. The Balaban J connectivity index is 2.66. The number of ether oxygens (including phenoxy) is 1. The van der Waals surface area contributed by atoms with Crippen LogP contribution in [-0.2, 0) is 9.53 Å². The van der Waals surface area contributed by atoms with E-state index in [0.29, 0.717) is 19.3 Å². The summed E-state index contributed by atoms with van der Waals surface area (Å²) in [5.41, 5.74) is -0.650. The van der Waals surface area contributed by atoms with Crippen LogP contribution in [0, 0.1) is 5.92 Å². The Kier molecular flexibility index (Phi) is 4.56. The molecular formula is C12H21NO5. The molecule has 1 saturated carbocycles. The number of carboxylic acid groups (broad SMARTS) is 1. The van der Waals surface area contributed by atoms with Crippen molar-refractivity contribution >= 4 is 12.1 Å². The number of alkyl carbamates (subject to hydrolysis) is 1. The van der Waals surface area contributed by atoms with Gasteiger partial charge in [0.25, 0.3) is 0 Å². The van der Waals surface area contributed by atoms with Gasteiger partial charge in [0.05, 0.1) is 18.1 Å². The molecule has 18 heavy (non-hydrogen) atoms. The zero-order chi connectivity index (χ0) is 13.9. The minimum atomic E-state index is -1.00. The van der Waals surface area contributed by atoms with Crippen LogP contribution in [0.15, 0.2) is 0 Å². The lowest BCUT2D eigenvalue weighted by Gasteiger charge is -2.34. The maximum atomic E-state index is 11.6. The highest BCUT2D eigenvalue weighted by molar-refractivity contribution is 5.74. The minimum absolute atomic E-state index is 0.451. The van der Waals surface area contributed by atoms with Crippen molar-refractivity contribution in [2.45, 2.75) is 57.8 Å². The predicted octanol–water partition coefficient (Wildman–Crippen LogP) is 1.13. The van der Waals surface area contributed by atoms with Crippen LogP contribution in [-0.4, -0.2) is 40.0 Å². The molecule has 0 radical (unpaired) electrons. The van der Waals surface area contributed by atoms with Gasteiger partial charge in [-0.25, -0.2) is 4.79 Å². The van der Waals surface area contributed by atoms with Gasteiger partial charge in [-0.2, -0.15) is 0 Å². The largest absolute Gasteiger partial charge is 0.481 e. The lowest BCUT2D eigenvalue weighted by Crippen LogP contribution is -2.53. The smallest absolute Gasteiger partial charge is 0.407 e. The van der Waals surface area contributed by atoms with Crippen molar-refractivity contribution in [2.24, 2.45) is 5.92 Å². The number of carbonyl (C=O) groups is 2. The topological polar surface area (TPSA) is 95.9 Å². The van der Waals surface area contributed by atoms with Crippen molar-refractivity contribution in [3.8, 4) is 0 Å². The molecule has 0 bridgehead atoms. The fourth-order valence-corrected chi connectivity index (χ4v) is 2.09. The van der Waals surface area contributed by atoms with Gasteiger partial charge in [-0.1, -0.05) is 0 Å². The van der Waals surface area contributed by atoms with E-state index < -0.39 is 35.7 Å². The standard InChI is InChI=1S/C12H21NO5/c1-12(2,3)18-11(17)13-9-7(10(15)16)5-4-6-8(9)14/h7-9,14H,4-6H2,1-3H3,(H,13,17)(H,15,16)/t7-,8-,9+/m0/s1. The first kappa shape index (κ1) is 14.8. The Morgan fingerprint density at radius 1 is 1.28 bits per heavy atom. The van der Waals surface area contributed by atoms with Crippen LogP contribution in [0.1, 0.15) is 40.0 Å². The number of rotatable bonds is 2. The molecule has 1 aliphatic rings. The molecule has 1 fully saturated rings. The van der Waals surface area contributed by atoms with Gasteiger partial charge in [-0.15, -0.1) is 0 Å². The molecule has 0 saturated heterocycles. The summed E-state index contributed by atoms with van der Waals surface area (Å²) in [5, 5.41) is 21.3. The summed E-state index contributed by atoms with van der Waals surface area (Å²) in [7, 11) is 0. The van der Waals surface area contributed by atoms with Crippen LogP contribution in [0.2, 0.25) is 0 Å². The second kappa shape index (κ2) is 5.56. The Bertz CT molecular complexity index is 323. The van der Waals surface area contributed by atoms with Crippen LogP contribution in [0.4, 0.5) is 4.79 Å². The predicted molar refractivity (Wildman–Crippen MR) is 64.1 cm³/mol. The molecule has 0 unspecified atom stereocenters. The summed E-state index contributed by atoms with van der Waals surface area (Å²) in [4.78, 5) is 22.7. The van der Waals surface area contributed by atoms with Crippen molar-refractivity contribution in [3.05, 3.63) is 0 Å². The normalized spacial score (nSPS) is 28.6. The zero-order valence-corrected chi connectivity index (χ0v) is 11.0. The number of nitrogens with one attached hydrogen (secondary N) is 1. The fourth-order valence-electron chi connectivity index (χ4n) is 2.09. The quantitative estimate of drug-likeness (QED) is 0.690. The number of aliphatic hydroxyl groups is 1. The maximum Gasteiger partial charge on any atom is 0.407 e. The SMILES string of the molecule is CC(C)(C)OC(=O)N[C@@H]1[C@@H](C(=O)O)CCC[C@@H]1O. The molecule has 0 aromatic rings. The van der Waals surface area contributed by atoms with Gasteiger partial charge in [0, 0.05) is 0 Å². The first-order valence-corrected chi connectivity index (χ1v) is 6.11. The van der Waals surface area contributed by atoms with Crippen LogP contribution in [0.3, 0.4) is 0 Å². The molecule has 3 atom stereocenters. The van der Waals surface area contributed by atoms with Crippen LogP contribution in [0.5, 0.6) is 0 Å². The minimum Gasteiger partial charge on any atom is -0.481 e. The highest BCUT2D eigenvalue weighted by atomic mass is 16.6. The number of amides is 1. The van der Waals surface area contributed by atoms with Gasteiger partial charge in [0.2, 0.25) is 0 Å². The van der Waals surface area contributed by atoms with Crippen LogP contribution < -0.4 is 5.32 Å². The van der Waals surface area contributed by atoms with Crippen LogP contribution in [0.25, 0.3) is 0 Å². The summed E-state index contributed by atoms with van der Waals surface area (Å²) < 4.78 is 5.06. The highest BCUT2D eigenvalue weighted by Crippen LogP contribution is 2.25. The molecule has 0 aromatic heterocycles. The van der Waals surface area contributed by atoms with E-state index in [4.69, 9.17) is 9.84 Å². The van der Waals surface area contributed by atoms with E-state index >= 15 is 0 Å². The van der Waals surface area contributed by atoms with E-state index in [-0.39, 0.29) is 0 Å². The number of hydrogen-bond donors (Lipinski definition) is 3. The molecule has 104 valence electrons. The third kappa shape index (κ3) is 4.18. The molecule has 1 rings (SSSR count). The van der Waals surface area contributed by atoms with E-state index in [0.717, 1.165) is 0 Å². The summed E-state index contributed by atoms with van der Waals surface area (Å²) in [6.07, 6.45) is 0.0499. The van der Waals surface area contributed by atoms with Gasteiger partial charge in [-0.05, 0) is 40.0 Å². The van der Waals surface area contributed by atoms with E-state index in [2.05, 4.69) is 5.32 Å². The van der Waals surface area contributed by atoms with Crippen LogP contribution >= 0.6 is 0 Å². The van der Waals surface area contributed by atoms with E-state index in [1.807, 2.05) is 0 Å². The lowest BCUT2D eigenvalue weighted by atomic mass is 9.82. The molecule has 0 aliphatic heterocycles. The molecule has 3 N–H and O–H groups in total. The molecular weight excluding hydrogens is 238 g/mol. The molecule has 0 heterocycles. The second-order valence-electron chi connectivity index (χ2n) is 5.61. The number of carboxylic acids is 1. The lowest BCUT2D eigenvalue weighted by molar-refractivity contribution is -0.145. The van der Waals surface area contributed by atoms with E-state index in [9.17, 15) is 14.7 Å². The number of hydrogen-bond acceptors (Lipinski definition) is 4. The van der Waals surface area contributed by atoms with Crippen molar-refractivity contribution in [2.75, 3.05) is 0 Å². The molecule has 1 amide bonds. The van der Waals surface area contributed by atoms with Crippen molar-refractivity contribution in [1.29, 1.82) is 0 Å². The second-order valence-corrected chi connectivity index (χ2v) is 5.61. The Morgan fingerprint density at radius 2 is 1.89 bits per heavy atom. The van der Waals surface area contributed by atoms with E-state index in [1.165, 1.54) is 0 Å². The fraction of sp³-hybridized carbons (Fsp3) is 0.833. The first-order chi connectivity index (χ1) is 8.20. The number of aliphatic carboxylic acids is 1. The molecule has 0 aromatic carbocycles. The molecule has 6 heteroatoms. The Labute approximate surface area is 106 Å². The zero-order valence-electron chi connectivity index (χ0n) is 11.0. The monoisotopic (exact) mass is 259 g/mol. The van der Waals surface area contributed by atoms with Gasteiger partial charge in [0.1, 0.15) is 5.60 Å². The van der Waals surface area contributed by atoms with Crippen molar-refractivity contribution in [1.82, 2.24) is 5.32 Å². The van der Waals surface area contributed by atoms with Gasteiger partial charge < -0.3 is 20.3 Å². The average Bonchev–Trinajstić information content (AvgIpc) is 2.17. The van der Waals surface area contributed by atoms with Crippen molar-refractivity contribution < 1.29 is 24.5 Å². The van der Waals surface area contributed by atoms with E-state index in [1.54, 1.807) is 20.8 Å². The van der Waals surface area contributed by atoms with Gasteiger partial charge in [-0.3, -0.25) is 4.79 Å². The first-order valence-electron chi connectivity index (χ1n) is 6.11. The number of aliphatic hydroxyl groups excluding tert-OH is 1.